The summed E-state index contributed by atoms with van der Waals surface area (Å²) >= 11 is 0. The third kappa shape index (κ3) is 5.24. The first kappa shape index (κ1) is 17.8. The largest absolute Gasteiger partial charge is 0.378 e. The Kier molecular flexibility index (Phi) is 6.46. The number of benzene rings is 1. The predicted octanol–water partition coefficient (Wildman–Crippen LogP) is 2.63. The molecule has 0 radical (unpaired) electrons. The second kappa shape index (κ2) is 8.34. The van der Waals surface area contributed by atoms with Gasteiger partial charge in [-0.15, -0.1) is 0 Å². The highest BCUT2D eigenvalue weighted by molar-refractivity contribution is 5.76. The summed E-state index contributed by atoms with van der Waals surface area (Å²) in [5.41, 5.74) is 2.44. The Morgan fingerprint density at radius 3 is 2.39 bits per heavy atom. The third-order valence-corrected chi connectivity index (χ3v) is 4.86. The second-order valence-electron chi connectivity index (χ2n) is 6.99. The molecule has 1 aromatic carbocycles. The van der Waals surface area contributed by atoms with Crippen molar-refractivity contribution >= 4 is 11.6 Å². The van der Waals surface area contributed by atoms with Crippen LogP contribution >= 0.6 is 0 Å². The topological polar surface area (TPSA) is 26.8 Å². The van der Waals surface area contributed by atoms with Crippen molar-refractivity contribution in [2.45, 2.75) is 38.1 Å². The maximum atomic E-state index is 12.5. The van der Waals surface area contributed by atoms with Crippen LogP contribution in [0.2, 0.25) is 0 Å². The predicted molar refractivity (Wildman–Crippen MR) is 97.0 cm³/mol. The van der Waals surface area contributed by atoms with E-state index < -0.39 is 0 Å². The van der Waals surface area contributed by atoms with E-state index in [2.05, 4.69) is 53.1 Å². The molecule has 0 saturated carbocycles. The monoisotopic (exact) mass is 317 g/mol. The lowest BCUT2D eigenvalue weighted by Gasteiger charge is -2.23. The van der Waals surface area contributed by atoms with Crippen LogP contribution in [-0.2, 0) is 11.2 Å². The number of aryl methyl sites for hydroxylation is 1. The number of amides is 1. The van der Waals surface area contributed by atoms with Crippen molar-refractivity contribution in [2.24, 2.45) is 0 Å². The fourth-order valence-electron chi connectivity index (χ4n) is 3.21. The zero-order valence-electron chi connectivity index (χ0n) is 15.1. The van der Waals surface area contributed by atoms with E-state index in [1.54, 1.807) is 0 Å². The Morgan fingerprint density at radius 2 is 1.78 bits per heavy atom. The summed E-state index contributed by atoms with van der Waals surface area (Å²) in [6.45, 7) is 1.82. The molecule has 1 aromatic rings. The van der Waals surface area contributed by atoms with Crippen LogP contribution in [-0.4, -0.2) is 63.0 Å². The SMILES string of the molecule is CN(C)c1ccc(CCC(=O)N2CCC[C@@H](N(C)C)CC2)cc1. The molecule has 1 aliphatic heterocycles. The average molecular weight is 317 g/mol. The van der Waals surface area contributed by atoms with Gasteiger partial charge in [0.2, 0.25) is 5.91 Å². The van der Waals surface area contributed by atoms with E-state index in [0.717, 1.165) is 32.4 Å². The van der Waals surface area contributed by atoms with Crippen molar-refractivity contribution in [3.05, 3.63) is 29.8 Å². The van der Waals surface area contributed by atoms with E-state index in [1.165, 1.54) is 17.7 Å². The van der Waals surface area contributed by atoms with Gasteiger partial charge >= 0.3 is 0 Å². The number of hydrogen-bond donors (Lipinski definition) is 0. The van der Waals surface area contributed by atoms with Gasteiger partial charge in [-0.25, -0.2) is 0 Å². The molecular weight excluding hydrogens is 286 g/mol. The van der Waals surface area contributed by atoms with Crippen molar-refractivity contribution in [3.63, 3.8) is 0 Å². The Hall–Kier alpha value is -1.55. The number of carbonyl (C=O) groups is 1. The van der Waals surface area contributed by atoms with E-state index in [1.807, 2.05) is 14.1 Å². The molecule has 1 fully saturated rings. The second-order valence-corrected chi connectivity index (χ2v) is 6.99. The van der Waals surface area contributed by atoms with Crippen LogP contribution < -0.4 is 4.90 Å². The molecule has 1 heterocycles. The first-order valence-electron chi connectivity index (χ1n) is 8.68. The first-order valence-corrected chi connectivity index (χ1v) is 8.68. The van der Waals surface area contributed by atoms with Crippen molar-refractivity contribution < 1.29 is 4.79 Å². The minimum atomic E-state index is 0.307. The van der Waals surface area contributed by atoms with Crippen LogP contribution in [0.1, 0.15) is 31.2 Å². The van der Waals surface area contributed by atoms with E-state index >= 15 is 0 Å². The summed E-state index contributed by atoms with van der Waals surface area (Å²) in [5.74, 6) is 0.307. The molecule has 1 aliphatic rings. The summed E-state index contributed by atoms with van der Waals surface area (Å²) in [4.78, 5) is 18.9. The lowest BCUT2D eigenvalue weighted by atomic mass is 10.1. The maximum absolute atomic E-state index is 12.5. The van der Waals surface area contributed by atoms with Gasteiger partial charge < -0.3 is 14.7 Å². The standard InChI is InChI=1S/C19H31N3O/c1-20(2)17-6-5-14-22(15-13-17)19(23)12-9-16-7-10-18(11-8-16)21(3)4/h7-8,10-11,17H,5-6,9,12-15H2,1-4H3/t17-/m1/s1. The van der Waals surface area contributed by atoms with E-state index in [9.17, 15) is 4.79 Å². The van der Waals surface area contributed by atoms with Crippen LogP contribution in [0.25, 0.3) is 0 Å². The Morgan fingerprint density at radius 1 is 1.09 bits per heavy atom. The number of likely N-dealkylation sites (tertiary alicyclic amines) is 1. The van der Waals surface area contributed by atoms with Crippen LogP contribution in [0.15, 0.2) is 24.3 Å². The molecule has 1 amide bonds. The lowest BCUT2D eigenvalue weighted by Crippen LogP contribution is -2.33. The van der Waals surface area contributed by atoms with Gasteiger partial charge in [0, 0.05) is 45.3 Å². The van der Waals surface area contributed by atoms with Gasteiger partial charge in [0.05, 0.1) is 0 Å². The van der Waals surface area contributed by atoms with Gasteiger partial charge in [-0.1, -0.05) is 12.1 Å². The smallest absolute Gasteiger partial charge is 0.222 e. The molecule has 23 heavy (non-hydrogen) atoms. The number of anilines is 1. The van der Waals surface area contributed by atoms with Crippen LogP contribution in [0, 0.1) is 0 Å². The molecule has 128 valence electrons. The van der Waals surface area contributed by atoms with Crippen LogP contribution in [0.4, 0.5) is 5.69 Å². The van der Waals surface area contributed by atoms with Crippen LogP contribution in [0.3, 0.4) is 0 Å². The number of nitrogens with zero attached hydrogens (tertiary/aromatic N) is 3. The zero-order valence-corrected chi connectivity index (χ0v) is 15.1. The van der Waals surface area contributed by atoms with Crippen molar-refractivity contribution in [1.82, 2.24) is 9.80 Å². The minimum absolute atomic E-state index is 0.307. The molecule has 4 heteroatoms. The van der Waals surface area contributed by atoms with Gasteiger partial charge in [0.15, 0.2) is 0 Å². The molecule has 2 rings (SSSR count). The Labute approximate surface area is 141 Å². The number of carbonyl (C=O) groups excluding carboxylic acids is 1. The molecule has 0 aromatic heterocycles. The number of hydrogen-bond acceptors (Lipinski definition) is 3. The Bertz CT molecular complexity index is 496. The molecule has 0 unspecified atom stereocenters. The molecule has 0 spiro atoms. The van der Waals surface area contributed by atoms with Crippen LogP contribution in [0.5, 0.6) is 0 Å². The summed E-state index contributed by atoms with van der Waals surface area (Å²) < 4.78 is 0. The third-order valence-electron chi connectivity index (χ3n) is 4.86. The van der Waals surface area contributed by atoms with Gasteiger partial charge in [-0.05, 0) is 57.5 Å². The van der Waals surface area contributed by atoms with E-state index in [-0.39, 0.29) is 0 Å². The molecular formula is C19H31N3O. The first-order chi connectivity index (χ1) is 11.0. The van der Waals surface area contributed by atoms with Gasteiger partial charge in [0.25, 0.3) is 0 Å². The van der Waals surface area contributed by atoms with E-state index in [4.69, 9.17) is 0 Å². The summed E-state index contributed by atoms with van der Waals surface area (Å²) in [6, 6.07) is 9.12. The quantitative estimate of drug-likeness (QED) is 0.835. The van der Waals surface area contributed by atoms with Crippen molar-refractivity contribution in [1.29, 1.82) is 0 Å². The minimum Gasteiger partial charge on any atom is -0.378 e. The highest BCUT2D eigenvalue weighted by Crippen LogP contribution is 2.17. The normalized spacial score (nSPS) is 18.8. The molecule has 0 aliphatic carbocycles. The number of rotatable bonds is 5. The zero-order chi connectivity index (χ0) is 16.8. The fraction of sp³-hybridized carbons (Fsp3) is 0.632. The maximum Gasteiger partial charge on any atom is 0.222 e. The van der Waals surface area contributed by atoms with Crippen molar-refractivity contribution in [2.75, 3.05) is 46.2 Å². The van der Waals surface area contributed by atoms with E-state index in [0.29, 0.717) is 18.4 Å². The molecule has 1 saturated heterocycles. The van der Waals surface area contributed by atoms with Gasteiger partial charge in [-0.3, -0.25) is 4.79 Å². The molecule has 4 nitrogen and oxygen atoms in total. The van der Waals surface area contributed by atoms with Crippen molar-refractivity contribution in [3.8, 4) is 0 Å². The summed E-state index contributed by atoms with van der Waals surface area (Å²) in [7, 11) is 8.36. The fourth-order valence-corrected chi connectivity index (χ4v) is 3.21. The molecule has 0 N–H and O–H groups in total. The van der Waals surface area contributed by atoms with Gasteiger partial charge in [-0.2, -0.15) is 0 Å². The highest BCUT2D eigenvalue weighted by Gasteiger charge is 2.21. The molecule has 1 atom stereocenters. The Balaban J connectivity index is 1.82. The average Bonchev–Trinajstić information content (AvgIpc) is 2.79. The highest BCUT2D eigenvalue weighted by atomic mass is 16.2. The summed E-state index contributed by atoms with van der Waals surface area (Å²) in [6.07, 6.45) is 4.86. The summed E-state index contributed by atoms with van der Waals surface area (Å²) in [5, 5.41) is 0. The lowest BCUT2D eigenvalue weighted by molar-refractivity contribution is -0.131. The molecule has 0 bridgehead atoms. The van der Waals surface area contributed by atoms with Gasteiger partial charge in [0.1, 0.15) is 0 Å².